The van der Waals surface area contributed by atoms with Gasteiger partial charge in [0.25, 0.3) is 17.4 Å². The Balaban J connectivity index is 1.08. The number of esters is 2. The van der Waals surface area contributed by atoms with Crippen molar-refractivity contribution in [1.29, 1.82) is 0 Å². The van der Waals surface area contributed by atoms with Crippen LogP contribution in [0.25, 0.3) is 22.3 Å². The number of nitrogens with one attached hydrogen (secondary N) is 5. The minimum Gasteiger partial charge on any atom is -0.469 e. The van der Waals surface area contributed by atoms with Gasteiger partial charge in [-0.25, -0.2) is 23.8 Å². The lowest BCUT2D eigenvalue weighted by molar-refractivity contribution is -0.172. The molecule has 26 heteroatoms. The van der Waals surface area contributed by atoms with Gasteiger partial charge in [-0.15, -0.1) is 0 Å². The van der Waals surface area contributed by atoms with E-state index in [1.165, 1.54) is 23.7 Å². The minimum absolute atomic E-state index is 0.0268. The van der Waals surface area contributed by atoms with E-state index in [-0.39, 0.29) is 101 Å². The van der Waals surface area contributed by atoms with Crippen LogP contribution in [0.3, 0.4) is 0 Å². The SMILES string of the molecule is CC[C@@]1(O)C(=O)OCc2c1cc1n(c2=O)Cc2c-1nc1cc(F)c(OC(=O)N(C)CCNC(=O)C(CCCNC(N)=O)NC(=O)C(NC(=O)C(CCC(=O)OC)NC(=O)CCCN3C(=O)C=CC3=O)C(C)C)cc1c2C. The average molecular weight is 1060 g/mol. The number of likely N-dealkylation sites (N-methyl/N-ethyl adjacent to an activating group) is 1. The largest absolute Gasteiger partial charge is 0.469 e. The third-order valence-corrected chi connectivity index (χ3v) is 13.3. The van der Waals surface area contributed by atoms with Crippen LogP contribution in [0.2, 0.25) is 0 Å². The molecule has 3 aromatic rings. The summed E-state index contributed by atoms with van der Waals surface area (Å²) < 4.78 is 32.4. The highest BCUT2D eigenvalue weighted by molar-refractivity contribution is 6.12. The van der Waals surface area contributed by atoms with Crippen LogP contribution in [-0.4, -0.2) is 142 Å². The maximum Gasteiger partial charge on any atom is 0.415 e. The molecule has 0 saturated carbocycles. The summed E-state index contributed by atoms with van der Waals surface area (Å²) in [5.41, 5.74) is 5.01. The molecule has 8 N–H and O–H groups in total. The highest BCUT2D eigenvalue weighted by atomic mass is 19.1. The molecule has 25 nitrogen and oxygen atoms in total. The molecule has 4 atom stereocenters. The number of fused-ring (bicyclic) bond motifs is 5. The fraction of sp³-hybridized carbons (Fsp3) is 0.480. The third-order valence-electron chi connectivity index (χ3n) is 13.3. The van der Waals surface area contributed by atoms with Gasteiger partial charge in [0.15, 0.2) is 17.2 Å². The van der Waals surface area contributed by atoms with Gasteiger partial charge in [0, 0.05) is 80.8 Å². The smallest absolute Gasteiger partial charge is 0.415 e. The van der Waals surface area contributed by atoms with Crippen molar-refractivity contribution in [2.24, 2.45) is 11.7 Å². The first-order valence-electron chi connectivity index (χ1n) is 24.5. The number of hydrogen-bond acceptors (Lipinski definition) is 16. The summed E-state index contributed by atoms with van der Waals surface area (Å²) in [6.07, 6.45) is 0.621. The molecular formula is C50H61FN10O15. The number of carbonyl (C=O) groups is 10. The second kappa shape index (κ2) is 24.4. The zero-order valence-corrected chi connectivity index (χ0v) is 42.8. The highest BCUT2D eigenvalue weighted by Crippen LogP contribution is 2.41. The standard InChI is InChI=1S/C50H61FN10O15/c1-7-50(73)30-21-35-42-28(23-61(35)46(69)29(30)24-75-47(50)70)26(4)27-20-36(31(51)22-34(27)56-42)76-49(72)59(5)19-17-53-43(66)32(10-8-16-54-48(52)71)57-45(68)41(25(2)3)58-44(67)33(12-15-40(65)74-6)55-37(62)11-9-18-60-38(63)13-14-39(60)64/h13-14,20-22,25,32-33,41,73H,7-12,15-19,23-24H2,1-6H3,(H,53,66)(H,55,62)(H,57,68)(H,58,67)(H3,52,54,71)/t32?,33?,41?,50-/m0/s1. The van der Waals surface area contributed by atoms with Gasteiger partial charge < -0.3 is 61.1 Å². The molecule has 0 saturated heterocycles. The molecule has 3 aliphatic rings. The number of primary amides is 1. The van der Waals surface area contributed by atoms with Gasteiger partial charge in [0.05, 0.1) is 36.1 Å². The number of urea groups is 1. The number of aryl methyl sites for hydroxylation is 1. The van der Waals surface area contributed by atoms with Crippen molar-refractivity contribution in [3.05, 3.63) is 68.8 Å². The molecule has 1 aromatic carbocycles. The van der Waals surface area contributed by atoms with E-state index in [0.29, 0.717) is 27.9 Å². The quantitative estimate of drug-likeness (QED) is 0.0298. The molecule has 9 amide bonds. The van der Waals surface area contributed by atoms with E-state index in [9.17, 15) is 57.8 Å². The fourth-order valence-electron chi connectivity index (χ4n) is 8.88. The molecule has 0 radical (unpaired) electrons. The van der Waals surface area contributed by atoms with Crippen LogP contribution in [-0.2, 0) is 66.6 Å². The van der Waals surface area contributed by atoms with Crippen molar-refractivity contribution >= 4 is 70.4 Å². The number of rotatable bonds is 23. The Morgan fingerprint density at radius 3 is 2.26 bits per heavy atom. The molecule has 0 fully saturated rings. The van der Waals surface area contributed by atoms with E-state index in [2.05, 4.69) is 36.3 Å². The van der Waals surface area contributed by atoms with Crippen LogP contribution < -0.4 is 42.6 Å². The summed E-state index contributed by atoms with van der Waals surface area (Å²) in [6.45, 7) is 5.91. The first-order chi connectivity index (χ1) is 36.0. The summed E-state index contributed by atoms with van der Waals surface area (Å²) in [5, 5.41) is 24.4. The first kappa shape index (κ1) is 57.0. The number of methoxy groups -OCH3 is 1. The Kier molecular flexibility index (Phi) is 18.3. The molecule has 408 valence electrons. The van der Waals surface area contributed by atoms with Crippen LogP contribution in [0.1, 0.15) is 88.0 Å². The maximum absolute atomic E-state index is 15.7. The monoisotopic (exact) mass is 1060 g/mol. The highest BCUT2D eigenvalue weighted by Gasteiger charge is 2.45. The van der Waals surface area contributed by atoms with E-state index in [1.807, 2.05) is 0 Å². The molecule has 76 heavy (non-hydrogen) atoms. The zero-order chi connectivity index (χ0) is 55.8. The number of pyridine rings is 2. The van der Waals surface area contributed by atoms with Crippen molar-refractivity contribution in [3.63, 3.8) is 0 Å². The van der Waals surface area contributed by atoms with Gasteiger partial charge in [0.2, 0.25) is 23.6 Å². The normalized spacial score (nSPS) is 16.4. The number of amides is 9. The van der Waals surface area contributed by atoms with E-state index in [4.69, 9.17) is 15.2 Å². The predicted molar refractivity (Wildman–Crippen MR) is 265 cm³/mol. The number of benzene rings is 1. The third kappa shape index (κ3) is 12.8. The summed E-state index contributed by atoms with van der Waals surface area (Å²) in [5.74, 6) is -7.59. The second-order valence-corrected chi connectivity index (χ2v) is 18.8. The molecule has 0 spiro atoms. The Morgan fingerprint density at radius 1 is 0.908 bits per heavy atom. The van der Waals surface area contributed by atoms with Crippen LogP contribution in [0.4, 0.5) is 14.0 Å². The lowest BCUT2D eigenvalue weighted by Crippen LogP contribution is -2.58. The topological polar surface area (TPSA) is 346 Å². The fourth-order valence-corrected chi connectivity index (χ4v) is 8.88. The molecule has 0 bridgehead atoms. The Labute approximate surface area is 434 Å². The van der Waals surface area contributed by atoms with Gasteiger partial charge in [0.1, 0.15) is 24.7 Å². The van der Waals surface area contributed by atoms with Crippen molar-refractivity contribution < 1.29 is 71.7 Å². The number of aromatic nitrogens is 2. The van der Waals surface area contributed by atoms with Crippen LogP contribution in [0.5, 0.6) is 5.75 Å². The summed E-state index contributed by atoms with van der Waals surface area (Å²) in [6, 6.07) is -0.809. The Morgan fingerprint density at radius 2 is 1.61 bits per heavy atom. The second-order valence-electron chi connectivity index (χ2n) is 18.8. The van der Waals surface area contributed by atoms with Gasteiger partial charge in [-0.1, -0.05) is 20.8 Å². The van der Waals surface area contributed by atoms with Crippen LogP contribution in [0.15, 0.2) is 35.1 Å². The number of halogens is 1. The molecule has 3 aliphatic heterocycles. The van der Waals surface area contributed by atoms with Gasteiger partial charge in [-0.05, 0) is 62.6 Å². The van der Waals surface area contributed by atoms with Crippen molar-refractivity contribution in [1.82, 2.24) is 45.9 Å². The molecular weight excluding hydrogens is 1000 g/mol. The van der Waals surface area contributed by atoms with Crippen molar-refractivity contribution in [2.45, 2.75) is 110 Å². The van der Waals surface area contributed by atoms with E-state index in [1.54, 1.807) is 27.7 Å². The van der Waals surface area contributed by atoms with Gasteiger partial charge in [-0.3, -0.25) is 43.3 Å². The summed E-state index contributed by atoms with van der Waals surface area (Å²) >= 11 is 0. The number of carbonyl (C=O) groups excluding carboxylic acids is 10. The van der Waals surface area contributed by atoms with E-state index < -0.39 is 106 Å². The molecule has 0 aliphatic carbocycles. The van der Waals surface area contributed by atoms with Crippen LogP contribution in [0, 0.1) is 18.7 Å². The van der Waals surface area contributed by atoms with Crippen molar-refractivity contribution in [3.8, 4) is 17.1 Å². The van der Waals surface area contributed by atoms with Crippen molar-refractivity contribution in [2.75, 3.05) is 40.3 Å². The molecule has 2 aromatic heterocycles. The lowest BCUT2D eigenvalue weighted by Gasteiger charge is -2.31. The number of nitrogens with zero attached hydrogens (tertiary/aromatic N) is 4. The van der Waals surface area contributed by atoms with Crippen LogP contribution >= 0.6 is 0 Å². The van der Waals surface area contributed by atoms with E-state index in [0.717, 1.165) is 35.1 Å². The predicted octanol–water partition coefficient (Wildman–Crippen LogP) is 0.291. The van der Waals surface area contributed by atoms with E-state index >= 15 is 4.39 Å². The minimum atomic E-state index is -2.04. The number of cyclic esters (lactones) is 1. The molecule has 5 heterocycles. The summed E-state index contributed by atoms with van der Waals surface area (Å²) in [7, 11) is 2.48. The lowest BCUT2D eigenvalue weighted by atomic mass is 9.86. The number of ether oxygens (including phenoxy) is 3. The van der Waals surface area contributed by atoms with Gasteiger partial charge >= 0.3 is 24.1 Å². The summed E-state index contributed by atoms with van der Waals surface area (Å²) in [4.78, 5) is 148. The first-order valence-corrected chi connectivity index (χ1v) is 24.5. The Hall–Kier alpha value is -8.29. The number of imide groups is 1. The average Bonchev–Trinajstić information content (AvgIpc) is 3.91. The maximum atomic E-state index is 15.7. The van der Waals surface area contributed by atoms with Gasteiger partial charge in [-0.2, -0.15) is 0 Å². The number of nitrogens with two attached hydrogens (primary N) is 1. The number of aliphatic hydroxyl groups is 1. The number of hydrogen-bond donors (Lipinski definition) is 7. The molecule has 6 rings (SSSR count). The zero-order valence-electron chi connectivity index (χ0n) is 42.8. The Bertz CT molecular complexity index is 2940. The molecule has 3 unspecified atom stereocenters.